The minimum atomic E-state index is 0.623. The fourth-order valence-corrected chi connectivity index (χ4v) is 1.33. The molecule has 0 aromatic heterocycles. The first-order chi connectivity index (χ1) is 6.11. The normalized spacial score (nSPS) is 10.1. The molecule has 0 amide bonds. The van der Waals surface area contributed by atoms with E-state index in [1.165, 1.54) is 0 Å². The molecule has 0 heterocycles. The van der Waals surface area contributed by atoms with Crippen LogP contribution in [-0.2, 0) is 0 Å². The fraction of sp³-hybridized carbons (Fsp3) is 0.182. The van der Waals surface area contributed by atoms with E-state index in [2.05, 4.69) is 6.58 Å². The first-order valence-corrected chi connectivity index (χ1v) is 4.78. The molecule has 0 aliphatic heterocycles. The maximum atomic E-state index is 6.07. The summed E-state index contributed by atoms with van der Waals surface area (Å²) in [5, 5.41) is 1.41. The minimum Gasteiger partial charge on any atom is -0.0898 e. The first kappa shape index (κ1) is 10.6. The van der Waals surface area contributed by atoms with Gasteiger partial charge >= 0.3 is 0 Å². The zero-order valence-corrected chi connectivity index (χ0v) is 8.99. The third-order valence-corrected chi connectivity index (χ3v) is 2.44. The van der Waals surface area contributed by atoms with Crippen molar-refractivity contribution in [2.24, 2.45) is 0 Å². The molecule has 0 N–H and O–H groups in total. The van der Waals surface area contributed by atoms with E-state index in [1.54, 1.807) is 0 Å². The number of hydrogen-bond acceptors (Lipinski definition) is 0. The summed E-state index contributed by atoms with van der Waals surface area (Å²) < 4.78 is 0. The number of halogens is 2. The molecule has 0 aliphatic carbocycles. The van der Waals surface area contributed by atoms with Crippen LogP contribution in [-0.4, -0.2) is 0 Å². The van der Waals surface area contributed by atoms with Gasteiger partial charge in [-0.1, -0.05) is 48.0 Å². The molecule has 13 heavy (non-hydrogen) atoms. The van der Waals surface area contributed by atoms with Crippen LogP contribution in [0, 0.1) is 13.3 Å². The zero-order valence-electron chi connectivity index (χ0n) is 7.48. The molecule has 0 fully saturated rings. The lowest BCUT2D eigenvalue weighted by molar-refractivity contribution is 1.22. The van der Waals surface area contributed by atoms with E-state index in [-0.39, 0.29) is 0 Å². The van der Waals surface area contributed by atoms with Gasteiger partial charge in [-0.3, -0.25) is 0 Å². The van der Waals surface area contributed by atoms with Gasteiger partial charge in [0.15, 0.2) is 0 Å². The quantitative estimate of drug-likeness (QED) is 0.701. The van der Waals surface area contributed by atoms with Crippen molar-refractivity contribution in [2.45, 2.75) is 13.3 Å². The first-order valence-electron chi connectivity index (χ1n) is 4.03. The highest BCUT2D eigenvalue weighted by molar-refractivity contribution is 6.32. The van der Waals surface area contributed by atoms with Gasteiger partial charge in [0.1, 0.15) is 0 Å². The molecule has 0 bridgehead atoms. The summed E-state index contributed by atoms with van der Waals surface area (Å²) in [5.41, 5.74) is 2.10. The Morgan fingerprint density at radius 1 is 1.54 bits per heavy atom. The maximum Gasteiger partial charge on any atom is 0.0470 e. The summed E-state index contributed by atoms with van der Waals surface area (Å²) in [6.07, 6.45) is 2.63. The van der Waals surface area contributed by atoms with Crippen LogP contribution < -0.4 is 0 Å². The SMILES string of the molecule is C=C(Cl)C[CH]c1cccc(C)c1Cl. The number of hydrogen-bond donors (Lipinski definition) is 0. The average Bonchev–Trinajstić information content (AvgIpc) is 2.07. The largest absolute Gasteiger partial charge is 0.0898 e. The lowest BCUT2D eigenvalue weighted by atomic mass is 10.1. The third kappa shape index (κ3) is 3.06. The van der Waals surface area contributed by atoms with E-state index in [4.69, 9.17) is 23.2 Å². The van der Waals surface area contributed by atoms with Crippen molar-refractivity contribution in [3.8, 4) is 0 Å². The van der Waals surface area contributed by atoms with Gasteiger partial charge in [-0.2, -0.15) is 0 Å². The van der Waals surface area contributed by atoms with Gasteiger partial charge in [0, 0.05) is 10.1 Å². The molecule has 0 saturated heterocycles. The summed E-state index contributed by atoms with van der Waals surface area (Å²) in [7, 11) is 0. The standard InChI is InChI=1S/C11H11Cl2/c1-8-4-3-5-10(11(8)13)7-6-9(2)12/h3-5,7H,2,6H2,1H3. The minimum absolute atomic E-state index is 0.623. The number of rotatable bonds is 3. The van der Waals surface area contributed by atoms with E-state index < -0.39 is 0 Å². The molecule has 0 spiro atoms. The zero-order chi connectivity index (χ0) is 9.84. The number of benzene rings is 1. The molecule has 2 heteroatoms. The van der Waals surface area contributed by atoms with E-state index in [0.717, 1.165) is 16.1 Å². The van der Waals surface area contributed by atoms with Gasteiger partial charge in [0.25, 0.3) is 0 Å². The van der Waals surface area contributed by atoms with Gasteiger partial charge < -0.3 is 0 Å². The van der Waals surface area contributed by atoms with E-state index >= 15 is 0 Å². The molecule has 0 atom stereocenters. The van der Waals surface area contributed by atoms with Crippen LogP contribution in [0.2, 0.25) is 5.02 Å². The molecule has 69 valence electrons. The Kier molecular flexibility index (Phi) is 3.83. The Bertz CT molecular complexity index is 316. The highest BCUT2D eigenvalue weighted by atomic mass is 35.5. The number of aryl methyl sites for hydroxylation is 1. The molecule has 0 saturated carbocycles. The van der Waals surface area contributed by atoms with Crippen LogP contribution in [0.15, 0.2) is 29.8 Å². The molecule has 0 nitrogen and oxygen atoms in total. The van der Waals surface area contributed by atoms with E-state index in [9.17, 15) is 0 Å². The maximum absolute atomic E-state index is 6.07. The van der Waals surface area contributed by atoms with Crippen LogP contribution in [0.5, 0.6) is 0 Å². The monoisotopic (exact) mass is 213 g/mol. The van der Waals surface area contributed by atoms with Crippen molar-refractivity contribution in [3.05, 3.63) is 52.4 Å². The summed E-state index contributed by atoms with van der Waals surface area (Å²) >= 11 is 11.7. The van der Waals surface area contributed by atoms with Crippen molar-refractivity contribution >= 4 is 23.2 Å². The molecule has 0 unspecified atom stereocenters. The Morgan fingerprint density at radius 3 is 2.85 bits per heavy atom. The Hall–Kier alpha value is -0.460. The molecular formula is C11H11Cl2. The molecule has 1 aromatic carbocycles. The summed E-state index contributed by atoms with van der Waals surface area (Å²) in [6, 6.07) is 5.92. The van der Waals surface area contributed by atoms with Gasteiger partial charge in [-0.15, -0.1) is 0 Å². The number of allylic oxidation sites excluding steroid dienone is 1. The van der Waals surface area contributed by atoms with Gasteiger partial charge in [-0.05, 0) is 30.9 Å². The van der Waals surface area contributed by atoms with Crippen LogP contribution >= 0.6 is 23.2 Å². The van der Waals surface area contributed by atoms with Gasteiger partial charge in [-0.25, -0.2) is 0 Å². The van der Waals surface area contributed by atoms with Gasteiger partial charge in [0.2, 0.25) is 0 Å². The predicted octanol–water partition coefficient (Wildman–Crippen LogP) is 4.34. The van der Waals surface area contributed by atoms with Crippen molar-refractivity contribution in [3.63, 3.8) is 0 Å². The summed E-state index contributed by atoms with van der Waals surface area (Å²) in [5.74, 6) is 0. The molecule has 1 aromatic rings. The third-order valence-electron chi connectivity index (χ3n) is 1.77. The predicted molar refractivity (Wildman–Crippen MR) is 59.2 cm³/mol. The summed E-state index contributed by atoms with van der Waals surface area (Å²) in [6.45, 7) is 5.59. The lowest BCUT2D eigenvalue weighted by Crippen LogP contribution is -1.86. The Balaban J connectivity index is 2.77. The Morgan fingerprint density at radius 2 is 2.23 bits per heavy atom. The highest BCUT2D eigenvalue weighted by Crippen LogP contribution is 2.24. The van der Waals surface area contributed by atoms with Crippen molar-refractivity contribution < 1.29 is 0 Å². The van der Waals surface area contributed by atoms with Crippen molar-refractivity contribution in [1.82, 2.24) is 0 Å². The van der Waals surface area contributed by atoms with Crippen LogP contribution in [0.3, 0.4) is 0 Å². The van der Waals surface area contributed by atoms with Crippen LogP contribution in [0.25, 0.3) is 0 Å². The Labute approximate surface area is 89.2 Å². The molecule has 1 rings (SSSR count). The second-order valence-corrected chi connectivity index (χ2v) is 3.82. The lowest BCUT2D eigenvalue weighted by Gasteiger charge is -2.04. The van der Waals surface area contributed by atoms with E-state index in [0.29, 0.717) is 11.5 Å². The smallest absolute Gasteiger partial charge is 0.0470 e. The summed E-state index contributed by atoms with van der Waals surface area (Å²) in [4.78, 5) is 0. The topological polar surface area (TPSA) is 0 Å². The van der Waals surface area contributed by atoms with Crippen LogP contribution in [0.1, 0.15) is 17.5 Å². The average molecular weight is 214 g/mol. The van der Waals surface area contributed by atoms with Gasteiger partial charge in [0.05, 0.1) is 0 Å². The second-order valence-electron chi connectivity index (χ2n) is 2.90. The second kappa shape index (κ2) is 4.69. The molecular weight excluding hydrogens is 203 g/mol. The molecule has 1 radical (unpaired) electrons. The van der Waals surface area contributed by atoms with E-state index in [1.807, 2.05) is 31.5 Å². The fourth-order valence-electron chi connectivity index (χ4n) is 1.05. The van der Waals surface area contributed by atoms with Crippen molar-refractivity contribution in [1.29, 1.82) is 0 Å². The van der Waals surface area contributed by atoms with Crippen molar-refractivity contribution in [2.75, 3.05) is 0 Å². The highest BCUT2D eigenvalue weighted by Gasteiger charge is 2.02. The van der Waals surface area contributed by atoms with Crippen LogP contribution in [0.4, 0.5) is 0 Å². The molecule has 0 aliphatic rings.